The van der Waals surface area contributed by atoms with Gasteiger partial charge in [0.2, 0.25) is 5.91 Å². The fourth-order valence-corrected chi connectivity index (χ4v) is 1.64. The Morgan fingerprint density at radius 3 is 3.00 bits per heavy atom. The molecule has 1 aliphatic rings. The number of anilines is 1. The summed E-state index contributed by atoms with van der Waals surface area (Å²) in [7, 11) is 0. The summed E-state index contributed by atoms with van der Waals surface area (Å²) in [6.45, 7) is -0.0125. The molecule has 1 aliphatic heterocycles. The second-order valence-electron chi connectivity index (χ2n) is 4.07. The van der Waals surface area contributed by atoms with Crippen LogP contribution in [0.3, 0.4) is 0 Å². The summed E-state index contributed by atoms with van der Waals surface area (Å²) in [4.78, 5) is 11.1. The molecule has 6 heteroatoms. The van der Waals surface area contributed by atoms with Gasteiger partial charge in [0.1, 0.15) is 0 Å². The van der Waals surface area contributed by atoms with Gasteiger partial charge in [-0.1, -0.05) is 12.1 Å². The molecule has 1 aromatic carbocycles. The number of rotatable bonds is 5. The van der Waals surface area contributed by atoms with E-state index in [-0.39, 0.29) is 25.5 Å². The topological polar surface area (TPSA) is 94.0 Å². The van der Waals surface area contributed by atoms with Crippen LogP contribution in [0.1, 0.15) is 12.0 Å². The van der Waals surface area contributed by atoms with Crippen molar-refractivity contribution in [3.05, 3.63) is 29.8 Å². The van der Waals surface area contributed by atoms with E-state index in [0.29, 0.717) is 5.71 Å². The van der Waals surface area contributed by atoms with Crippen LogP contribution in [0.5, 0.6) is 0 Å². The zero-order valence-electron chi connectivity index (χ0n) is 9.76. The minimum Gasteiger partial charge on any atom is -0.394 e. The van der Waals surface area contributed by atoms with E-state index in [1.165, 1.54) is 0 Å². The highest BCUT2D eigenvalue weighted by atomic mass is 16.3. The van der Waals surface area contributed by atoms with Crippen LogP contribution in [0.25, 0.3) is 0 Å². The Morgan fingerprint density at radius 1 is 1.50 bits per heavy atom. The maximum absolute atomic E-state index is 11.1. The van der Waals surface area contributed by atoms with Crippen LogP contribution in [0, 0.1) is 0 Å². The third-order valence-corrected chi connectivity index (χ3v) is 2.59. The third kappa shape index (κ3) is 3.06. The standard InChI is InChI=1S/C12H15N3O3/c16-7-10(17)6-13-9-3-1-2-8(4-9)11-5-12(18)15-14-11/h1-4,10,13,16-17H,5-7H2,(H,15,18). The molecule has 4 N–H and O–H groups in total. The molecule has 0 aliphatic carbocycles. The smallest absolute Gasteiger partial charge is 0.246 e. The molecule has 0 fully saturated rings. The normalized spacial score (nSPS) is 16.1. The van der Waals surface area contributed by atoms with Crippen molar-refractivity contribution in [2.24, 2.45) is 5.10 Å². The summed E-state index contributed by atoms with van der Waals surface area (Å²) in [5.41, 5.74) is 4.77. The molecule has 96 valence electrons. The number of benzene rings is 1. The first-order valence-electron chi connectivity index (χ1n) is 5.67. The van der Waals surface area contributed by atoms with E-state index in [1.807, 2.05) is 24.3 Å². The van der Waals surface area contributed by atoms with Gasteiger partial charge < -0.3 is 15.5 Å². The Bertz CT molecular complexity index is 473. The number of amides is 1. The Morgan fingerprint density at radius 2 is 2.33 bits per heavy atom. The Hall–Kier alpha value is -1.92. The lowest BCUT2D eigenvalue weighted by molar-refractivity contribution is -0.119. The summed E-state index contributed by atoms with van der Waals surface area (Å²) in [5.74, 6) is -0.112. The van der Waals surface area contributed by atoms with Crippen LogP contribution in [-0.2, 0) is 4.79 Å². The maximum Gasteiger partial charge on any atom is 0.246 e. The van der Waals surface area contributed by atoms with E-state index in [2.05, 4.69) is 15.8 Å². The molecule has 1 amide bonds. The molecule has 0 saturated carbocycles. The highest BCUT2D eigenvalue weighted by molar-refractivity contribution is 6.13. The van der Waals surface area contributed by atoms with E-state index in [1.54, 1.807) is 0 Å². The van der Waals surface area contributed by atoms with Gasteiger partial charge in [0, 0.05) is 17.8 Å². The lowest BCUT2D eigenvalue weighted by Gasteiger charge is -2.11. The van der Waals surface area contributed by atoms with Gasteiger partial charge in [-0.2, -0.15) is 5.10 Å². The van der Waals surface area contributed by atoms with Crippen molar-refractivity contribution >= 4 is 17.3 Å². The molecule has 2 rings (SSSR count). The average molecular weight is 249 g/mol. The van der Waals surface area contributed by atoms with Crippen LogP contribution in [-0.4, -0.2) is 41.1 Å². The van der Waals surface area contributed by atoms with Gasteiger partial charge in [0.25, 0.3) is 0 Å². The first kappa shape index (κ1) is 12.5. The van der Waals surface area contributed by atoms with Crippen molar-refractivity contribution in [1.82, 2.24) is 5.43 Å². The number of nitrogens with zero attached hydrogens (tertiary/aromatic N) is 1. The van der Waals surface area contributed by atoms with Crippen molar-refractivity contribution in [3.63, 3.8) is 0 Å². The van der Waals surface area contributed by atoms with Crippen molar-refractivity contribution in [1.29, 1.82) is 0 Å². The molecule has 1 aromatic rings. The number of carbonyl (C=O) groups excluding carboxylic acids is 1. The van der Waals surface area contributed by atoms with E-state index in [0.717, 1.165) is 11.3 Å². The molecular weight excluding hydrogens is 234 g/mol. The zero-order valence-corrected chi connectivity index (χ0v) is 9.76. The highest BCUT2D eigenvalue weighted by Crippen LogP contribution is 2.14. The second-order valence-corrected chi connectivity index (χ2v) is 4.07. The minimum absolute atomic E-state index is 0.112. The van der Waals surface area contributed by atoms with Crippen molar-refractivity contribution < 1.29 is 15.0 Å². The van der Waals surface area contributed by atoms with Gasteiger partial charge in [0.15, 0.2) is 0 Å². The number of hydrogen-bond donors (Lipinski definition) is 4. The van der Waals surface area contributed by atoms with E-state index in [4.69, 9.17) is 5.11 Å². The van der Waals surface area contributed by atoms with Gasteiger partial charge in [0.05, 0.1) is 24.8 Å². The summed E-state index contributed by atoms with van der Waals surface area (Å²) < 4.78 is 0. The fraction of sp³-hybridized carbons (Fsp3) is 0.333. The van der Waals surface area contributed by atoms with Crippen LogP contribution in [0.2, 0.25) is 0 Å². The number of nitrogens with one attached hydrogen (secondary N) is 2. The van der Waals surface area contributed by atoms with Crippen molar-refractivity contribution in [3.8, 4) is 0 Å². The number of aliphatic hydroxyl groups excluding tert-OH is 2. The van der Waals surface area contributed by atoms with Crippen LogP contribution in [0.4, 0.5) is 5.69 Å². The molecule has 0 bridgehead atoms. The molecule has 1 heterocycles. The Kier molecular flexibility index (Phi) is 3.91. The summed E-state index contributed by atoms with van der Waals surface area (Å²) in [5, 5.41) is 24.9. The lowest BCUT2D eigenvalue weighted by atomic mass is 10.1. The third-order valence-electron chi connectivity index (χ3n) is 2.59. The first-order valence-corrected chi connectivity index (χ1v) is 5.67. The molecule has 18 heavy (non-hydrogen) atoms. The van der Waals surface area contributed by atoms with Gasteiger partial charge in [-0.05, 0) is 12.1 Å². The highest BCUT2D eigenvalue weighted by Gasteiger charge is 2.16. The molecule has 6 nitrogen and oxygen atoms in total. The maximum atomic E-state index is 11.1. The van der Waals surface area contributed by atoms with Gasteiger partial charge >= 0.3 is 0 Å². The number of hydrazone groups is 1. The molecule has 0 radical (unpaired) electrons. The van der Waals surface area contributed by atoms with Crippen LogP contribution < -0.4 is 10.7 Å². The summed E-state index contributed by atoms with van der Waals surface area (Å²) in [6.07, 6.45) is -0.511. The molecule has 0 aromatic heterocycles. The quantitative estimate of drug-likeness (QED) is 0.575. The number of aliphatic hydroxyl groups is 2. The zero-order chi connectivity index (χ0) is 13.0. The lowest BCUT2D eigenvalue weighted by Crippen LogP contribution is -2.23. The Balaban J connectivity index is 2.03. The summed E-state index contributed by atoms with van der Waals surface area (Å²) in [6, 6.07) is 7.41. The van der Waals surface area contributed by atoms with Crippen LogP contribution >= 0.6 is 0 Å². The van der Waals surface area contributed by atoms with E-state index >= 15 is 0 Å². The monoisotopic (exact) mass is 249 g/mol. The number of carbonyl (C=O) groups is 1. The minimum atomic E-state index is -0.791. The Labute approximate surface area is 104 Å². The second kappa shape index (κ2) is 5.61. The predicted octanol–water partition coefficient (Wildman–Crippen LogP) is -0.324. The van der Waals surface area contributed by atoms with Crippen LogP contribution in [0.15, 0.2) is 29.4 Å². The largest absolute Gasteiger partial charge is 0.394 e. The van der Waals surface area contributed by atoms with Gasteiger partial charge in [-0.15, -0.1) is 0 Å². The van der Waals surface area contributed by atoms with Crippen molar-refractivity contribution in [2.45, 2.75) is 12.5 Å². The van der Waals surface area contributed by atoms with Gasteiger partial charge in [-0.3, -0.25) is 4.79 Å². The van der Waals surface area contributed by atoms with E-state index < -0.39 is 6.10 Å². The molecule has 0 spiro atoms. The molecule has 1 atom stereocenters. The average Bonchev–Trinajstić information content (AvgIpc) is 2.83. The molecule has 1 unspecified atom stereocenters. The summed E-state index contributed by atoms with van der Waals surface area (Å²) >= 11 is 0. The van der Waals surface area contributed by atoms with Gasteiger partial charge in [-0.25, -0.2) is 5.43 Å². The number of hydrogen-bond acceptors (Lipinski definition) is 5. The molecular formula is C12H15N3O3. The SMILES string of the molecule is O=C1CC(c2cccc(NCC(O)CO)c2)=NN1. The van der Waals surface area contributed by atoms with E-state index in [9.17, 15) is 9.90 Å². The van der Waals surface area contributed by atoms with Crippen molar-refractivity contribution in [2.75, 3.05) is 18.5 Å². The first-order chi connectivity index (χ1) is 8.69. The predicted molar refractivity (Wildman–Crippen MR) is 67.3 cm³/mol. The molecule has 0 saturated heterocycles. The fourth-order valence-electron chi connectivity index (χ4n) is 1.64.